The van der Waals surface area contributed by atoms with Gasteiger partial charge in [0.2, 0.25) is 0 Å². The Labute approximate surface area is 285 Å². The zero-order valence-corrected chi connectivity index (χ0v) is 30.9. The lowest BCUT2D eigenvalue weighted by atomic mass is 9.33. The molecule has 0 heterocycles. The number of fused-ring (bicyclic) bond motifs is 7. The third-order valence-corrected chi connectivity index (χ3v) is 16.7. The molecule has 0 bridgehead atoms. The molecule has 6 rings (SSSR count). The van der Waals surface area contributed by atoms with Crippen LogP contribution in [0, 0.1) is 51.2 Å². The van der Waals surface area contributed by atoms with Gasteiger partial charge in [-0.2, -0.15) is 0 Å². The van der Waals surface area contributed by atoms with Crippen LogP contribution in [0.3, 0.4) is 0 Å². The molecular formula is C41H59NO4S. The molecular weight excluding hydrogens is 603 g/mol. The number of ether oxygens (including phenoxy) is 1. The monoisotopic (exact) mass is 661 g/mol. The predicted octanol–water partition coefficient (Wildman–Crippen LogP) is 9.02. The molecule has 0 radical (unpaired) electrons. The summed E-state index contributed by atoms with van der Waals surface area (Å²) in [7, 11) is -1.81. The second kappa shape index (κ2) is 11.7. The van der Waals surface area contributed by atoms with Crippen molar-refractivity contribution >= 4 is 21.4 Å². The van der Waals surface area contributed by atoms with Gasteiger partial charge in [-0.3, -0.25) is 0 Å². The van der Waals surface area contributed by atoms with E-state index in [1.165, 1.54) is 55.9 Å². The Morgan fingerprint density at radius 3 is 2.30 bits per heavy atom. The topological polar surface area (TPSA) is 72.5 Å². The molecule has 9 atom stereocenters. The quantitative estimate of drug-likeness (QED) is 0.222. The summed E-state index contributed by atoms with van der Waals surface area (Å²) in [6, 6.07) is 8.03. The minimum absolute atomic E-state index is 0.0112. The van der Waals surface area contributed by atoms with Crippen LogP contribution < -0.4 is 5.32 Å². The van der Waals surface area contributed by atoms with E-state index in [4.69, 9.17) is 4.74 Å². The number of rotatable bonds is 8. The molecule has 258 valence electrons. The minimum Gasteiger partial charge on any atom is -0.465 e. The number of nitrogens with one attached hydrogen (secondary N) is 1. The molecule has 5 aliphatic carbocycles. The Morgan fingerprint density at radius 1 is 0.957 bits per heavy atom. The standard InChI is InChI=1S/C41H59NO4S/c1-10-47(44,45)26-25-42-41-22-17-30(27(2)3)35(41)32-15-16-34-38(6)20-18-31(28-11-13-29(14-12-28)36(43)46-9)37(4,5)33(38)19-21-40(34,8)39(32,7)23-24-41/h10-14,18,30,32-35,42H,1-2,15-17,19-26H2,3-9H3/t30-,32+,33-,34+,35+,38-,39+,40+,41-/m0/s1. The molecule has 4 fully saturated rings. The number of sulfone groups is 1. The molecule has 0 unspecified atom stereocenters. The van der Waals surface area contributed by atoms with E-state index < -0.39 is 9.84 Å². The molecule has 0 spiro atoms. The van der Waals surface area contributed by atoms with Gasteiger partial charge in [-0.15, -0.1) is 0 Å². The summed E-state index contributed by atoms with van der Waals surface area (Å²) >= 11 is 0. The van der Waals surface area contributed by atoms with Gasteiger partial charge in [-0.25, -0.2) is 13.2 Å². The second-order valence-corrected chi connectivity index (χ2v) is 19.5. The largest absolute Gasteiger partial charge is 0.465 e. The highest BCUT2D eigenvalue weighted by Crippen LogP contribution is 2.76. The Kier molecular flexibility index (Phi) is 8.64. The smallest absolute Gasteiger partial charge is 0.337 e. The maximum absolute atomic E-state index is 12.3. The average molecular weight is 662 g/mol. The summed E-state index contributed by atoms with van der Waals surface area (Å²) in [5.74, 6) is 2.64. The molecule has 0 aromatic heterocycles. The Morgan fingerprint density at radius 2 is 1.66 bits per heavy atom. The molecule has 47 heavy (non-hydrogen) atoms. The lowest BCUT2D eigenvalue weighted by Gasteiger charge is -2.72. The number of hydrogen-bond acceptors (Lipinski definition) is 5. The van der Waals surface area contributed by atoms with Crippen LogP contribution in [-0.4, -0.2) is 39.3 Å². The van der Waals surface area contributed by atoms with Crippen LogP contribution in [0.5, 0.6) is 0 Å². The first-order valence-electron chi connectivity index (χ1n) is 18.1. The van der Waals surface area contributed by atoms with E-state index >= 15 is 0 Å². The Hall–Kier alpha value is -2.18. The molecule has 5 nitrogen and oxygen atoms in total. The van der Waals surface area contributed by atoms with Gasteiger partial charge in [0.05, 0.1) is 18.4 Å². The van der Waals surface area contributed by atoms with Crippen molar-refractivity contribution in [1.29, 1.82) is 0 Å². The summed E-state index contributed by atoms with van der Waals surface area (Å²) in [6.45, 7) is 23.7. The normalized spacial score (nSPS) is 40.6. The molecule has 1 aromatic rings. The van der Waals surface area contributed by atoms with Crippen LogP contribution in [-0.2, 0) is 14.6 Å². The third-order valence-electron chi connectivity index (χ3n) is 15.4. The first-order chi connectivity index (χ1) is 22.0. The van der Waals surface area contributed by atoms with Crippen LogP contribution in [0.25, 0.3) is 5.57 Å². The fraction of sp³-hybridized carbons (Fsp3) is 0.683. The highest BCUT2D eigenvalue weighted by molar-refractivity contribution is 7.94. The van der Waals surface area contributed by atoms with Gasteiger partial charge in [-0.1, -0.05) is 71.6 Å². The van der Waals surface area contributed by atoms with Crippen molar-refractivity contribution in [2.24, 2.45) is 51.2 Å². The van der Waals surface area contributed by atoms with Crippen molar-refractivity contribution in [2.45, 2.75) is 105 Å². The van der Waals surface area contributed by atoms with E-state index in [1.807, 2.05) is 12.1 Å². The van der Waals surface area contributed by atoms with Crippen molar-refractivity contribution in [2.75, 3.05) is 19.4 Å². The van der Waals surface area contributed by atoms with E-state index in [2.05, 4.69) is 78.2 Å². The van der Waals surface area contributed by atoms with E-state index in [0.29, 0.717) is 41.7 Å². The number of hydrogen-bond donors (Lipinski definition) is 1. The Bertz CT molecular complexity index is 1570. The van der Waals surface area contributed by atoms with Crippen LogP contribution in [0.1, 0.15) is 115 Å². The first-order valence-corrected chi connectivity index (χ1v) is 19.9. The third kappa shape index (κ3) is 5.16. The molecule has 1 N–H and O–H groups in total. The van der Waals surface area contributed by atoms with Crippen LogP contribution in [0.15, 0.2) is 54.5 Å². The van der Waals surface area contributed by atoms with Crippen molar-refractivity contribution in [3.8, 4) is 0 Å². The molecule has 0 aliphatic heterocycles. The van der Waals surface area contributed by atoms with E-state index in [-0.39, 0.29) is 38.9 Å². The molecule has 0 saturated heterocycles. The van der Waals surface area contributed by atoms with Crippen molar-refractivity contribution in [3.05, 3.63) is 65.6 Å². The predicted molar refractivity (Wildman–Crippen MR) is 192 cm³/mol. The van der Waals surface area contributed by atoms with E-state index in [9.17, 15) is 13.2 Å². The summed E-state index contributed by atoms with van der Waals surface area (Å²) in [4.78, 5) is 12.1. The Balaban J connectivity index is 1.31. The molecule has 4 saturated carbocycles. The van der Waals surface area contributed by atoms with Gasteiger partial charge in [0.25, 0.3) is 0 Å². The summed E-state index contributed by atoms with van der Waals surface area (Å²) < 4.78 is 29.6. The fourth-order valence-electron chi connectivity index (χ4n) is 13.0. The fourth-order valence-corrected chi connectivity index (χ4v) is 13.5. The lowest BCUT2D eigenvalue weighted by molar-refractivity contribution is -0.219. The number of allylic oxidation sites excluding steroid dienone is 3. The highest BCUT2D eigenvalue weighted by Gasteiger charge is 2.70. The first kappa shape index (κ1) is 34.7. The maximum atomic E-state index is 12.3. The molecule has 5 aliphatic rings. The summed E-state index contributed by atoms with van der Waals surface area (Å²) in [6.07, 6.45) is 13.2. The molecule has 6 heteroatoms. The second-order valence-electron chi connectivity index (χ2n) is 17.4. The van der Waals surface area contributed by atoms with Gasteiger partial charge >= 0.3 is 5.97 Å². The van der Waals surface area contributed by atoms with Crippen molar-refractivity contribution in [3.63, 3.8) is 0 Å². The molecule has 0 amide bonds. The SMILES string of the molecule is C=CS(=O)(=O)CCN[C@]12CC[C@@H](C(=C)C)[C@@H]1[C@H]1CC[C@@H]3[C@@]4(C)CC=C(c5ccc(C(=O)OC)cc5)C(C)(C)[C@@H]4CC[C@@]3(C)[C@]1(C)CC2. The number of carbonyl (C=O) groups is 1. The lowest BCUT2D eigenvalue weighted by Crippen LogP contribution is -2.68. The zero-order valence-electron chi connectivity index (χ0n) is 30.1. The van der Waals surface area contributed by atoms with Crippen LogP contribution in [0.4, 0.5) is 0 Å². The minimum atomic E-state index is -3.24. The number of benzene rings is 1. The highest BCUT2D eigenvalue weighted by atomic mass is 32.2. The number of carbonyl (C=O) groups excluding carboxylic acids is 1. The van der Waals surface area contributed by atoms with Crippen molar-refractivity contribution < 1.29 is 17.9 Å². The average Bonchev–Trinajstić information content (AvgIpc) is 3.41. The number of methoxy groups -OCH3 is 1. The van der Waals surface area contributed by atoms with Gasteiger partial charge in [0.1, 0.15) is 0 Å². The van der Waals surface area contributed by atoms with Gasteiger partial charge in [-0.05, 0) is 139 Å². The summed E-state index contributed by atoms with van der Waals surface area (Å²) in [5, 5.41) is 5.01. The zero-order chi connectivity index (χ0) is 34.2. The number of esters is 1. The summed E-state index contributed by atoms with van der Waals surface area (Å²) in [5.41, 5.74) is 5.23. The van der Waals surface area contributed by atoms with Crippen LogP contribution >= 0.6 is 0 Å². The molecule has 1 aromatic carbocycles. The van der Waals surface area contributed by atoms with Gasteiger partial charge in [0.15, 0.2) is 9.84 Å². The van der Waals surface area contributed by atoms with Gasteiger partial charge in [0, 0.05) is 17.5 Å². The van der Waals surface area contributed by atoms with E-state index in [0.717, 1.165) is 31.1 Å². The maximum Gasteiger partial charge on any atom is 0.337 e. The van der Waals surface area contributed by atoms with Crippen LogP contribution in [0.2, 0.25) is 0 Å². The van der Waals surface area contributed by atoms with E-state index in [1.54, 1.807) is 0 Å². The van der Waals surface area contributed by atoms with Crippen molar-refractivity contribution in [1.82, 2.24) is 5.32 Å². The van der Waals surface area contributed by atoms with Gasteiger partial charge < -0.3 is 10.1 Å².